The van der Waals surface area contributed by atoms with E-state index in [1.165, 1.54) is 42.4 Å². The topological polar surface area (TPSA) is 40.2 Å². The number of fused-ring (bicyclic) bond motifs is 1. The summed E-state index contributed by atoms with van der Waals surface area (Å²) in [6.07, 6.45) is 4.58. The summed E-state index contributed by atoms with van der Waals surface area (Å²) in [4.78, 5) is 7.40. The first kappa shape index (κ1) is 15.1. The van der Waals surface area contributed by atoms with Crippen molar-refractivity contribution < 1.29 is 0 Å². The molecule has 3 atom stereocenters. The van der Waals surface area contributed by atoms with E-state index in [2.05, 4.69) is 53.0 Å². The summed E-state index contributed by atoms with van der Waals surface area (Å²) in [5.41, 5.74) is 7.89. The van der Waals surface area contributed by atoms with Crippen LogP contribution in [0.2, 0.25) is 0 Å². The maximum absolute atomic E-state index is 4.76. The molecule has 3 unspecified atom stereocenters. The Morgan fingerprint density at radius 3 is 2.96 bits per heavy atom. The van der Waals surface area contributed by atoms with Gasteiger partial charge in [0.05, 0.1) is 0 Å². The minimum atomic E-state index is 0.564. The highest BCUT2D eigenvalue weighted by atomic mass is 15.4. The Morgan fingerprint density at radius 2 is 2.13 bits per heavy atom. The standard InChI is InChI=1S/C19H26N4/c1-14-18(11-21-22-14)13-23-8-4-7-17(12-23)19-9-15-5-2-3-6-16(15)10-20-19/h2-3,5-6,9-10,14,17-18,21-22H,4,7-8,11-13H2,1H3. The lowest BCUT2D eigenvalue weighted by Gasteiger charge is -2.34. The van der Waals surface area contributed by atoms with Crippen molar-refractivity contribution in [2.24, 2.45) is 5.92 Å². The van der Waals surface area contributed by atoms with Gasteiger partial charge in [0.1, 0.15) is 0 Å². The lowest BCUT2D eigenvalue weighted by Crippen LogP contribution is -2.40. The Kier molecular flexibility index (Phi) is 4.29. The molecule has 0 spiro atoms. The summed E-state index contributed by atoms with van der Waals surface area (Å²) in [5.74, 6) is 1.28. The van der Waals surface area contributed by atoms with Gasteiger partial charge in [-0.1, -0.05) is 24.3 Å². The zero-order chi connectivity index (χ0) is 15.6. The van der Waals surface area contributed by atoms with Gasteiger partial charge in [0.15, 0.2) is 0 Å². The van der Waals surface area contributed by atoms with Gasteiger partial charge in [-0.15, -0.1) is 0 Å². The molecule has 2 aliphatic heterocycles. The first-order chi connectivity index (χ1) is 11.3. The second-order valence-electron chi connectivity index (χ2n) is 7.13. The molecule has 0 amide bonds. The number of benzene rings is 1. The predicted molar refractivity (Wildman–Crippen MR) is 94.2 cm³/mol. The van der Waals surface area contributed by atoms with E-state index in [9.17, 15) is 0 Å². The number of pyridine rings is 1. The molecule has 4 nitrogen and oxygen atoms in total. The number of piperidine rings is 1. The van der Waals surface area contributed by atoms with Gasteiger partial charge in [0, 0.05) is 54.8 Å². The molecule has 1 aromatic heterocycles. The molecule has 2 saturated heterocycles. The molecule has 1 aromatic carbocycles. The van der Waals surface area contributed by atoms with Crippen molar-refractivity contribution in [3.63, 3.8) is 0 Å². The molecule has 2 aliphatic rings. The average Bonchev–Trinajstić information content (AvgIpc) is 2.99. The summed E-state index contributed by atoms with van der Waals surface area (Å²) >= 11 is 0. The smallest absolute Gasteiger partial charge is 0.0453 e. The minimum absolute atomic E-state index is 0.564. The molecular weight excluding hydrogens is 284 g/mol. The van der Waals surface area contributed by atoms with Gasteiger partial charge < -0.3 is 4.90 Å². The fourth-order valence-electron chi connectivity index (χ4n) is 3.99. The van der Waals surface area contributed by atoms with E-state index in [4.69, 9.17) is 4.98 Å². The van der Waals surface area contributed by atoms with Gasteiger partial charge in [-0.3, -0.25) is 15.8 Å². The molecule has 2 fully saturated rings. The maximum atomic E-state index is 4.76. The van der Waals surface area contributed by atoms with Crippen LogP contribution in [0.5, 0.6) is 0 Å². The Labute approximate surface area is 138 Å². The van der Waals surface area contributed by atoms with Crippen LogP contribution in [0.25, 0.3) is 10.8 Å². The van der Waals surface area contributed by atoms with Gasteiger partial charge in [-0.2, -0.15) is 0 Å². The second-order valence-corrected chi connectivity index (χ2v) is 7.13. The third-order valence-electron chi connectivity index (χ3n) is 5.47. The molecule has 2 aromatic rings. The second kappa shape index (κ2) is 6.56. The van der Waals surface area contributed by atoms with Crippen LogP contribution in [0.1, 0.15) is 31.4 Å². The fraction of sp³-hybridized carbons (Fsp3) is 0.526. The molecule has 3 heterocycles. The number of aromatic nitrogens is 1. The molecule has 0 bridgehead atoms. The van der Waals surface area contributed by atoms with Gasteiger partial charge in [-0.25, -0.2) is 0 Å². The highest BCUT2D eigenvalue weighted by molar-refractivity contribution is 5.81. The van der Waals surface area contributed by atoms with Crippen molar-refractivity contribution in [2.75, 3.05) is 26.2 Å². The Balaban J connectivity index is 1.47. The van der Waals surface area contributed by atoms with E-state index in [1.807, 2.05) is 6.20 Å². The molecular formula is C19H26N4. The highest BCUT2D eigenvalue weighted by Crippen LogP contribution is 2.28. The zero-order valence-corrected chi connectivity index (χ0v) is 13.8. The monoisotopic (exact) mass is 310 g/mol. The average molecular weight is 310 g/mol. The molecule has 0 saturated carbocycles. The summed E-state index contributed by atoms with van der Waals surface area (Å²) in [5, 5.41) is 2.55. The third-order valence-corrected chi connectivity index (χ3v) is 5.47. The van der Waals surface area contributed by atoms with Crippen molar-refractivity contribution in [3.05, 3.63) is 42.2 Å². The van der Waals surface area contributed by atoms with Crippen LogP contribution in [0.4, 0.5) is 0 Å². The van der Waals surface area contributed by atoms with Gasteiger partial charge in [0.2, 0.25) is 0 Å². The van der Waals surface area contributed by atoms with Gasteiger partial charge in [0.25, 0.3) is 0 Å². The van der Waals surface area contributed by atoms with Crippen molar-refractivity contribution in [1.82, 2.24) is 20.7 Å². The van der Waals surface area contributed by atoms with Crippen LogP contribution in [0.3, 0.4) is 0 Å². The predicted octanol–water partition coefficient (Wildman–Crippen LogP) is 2.53. The van der Waals surface area contributed by atoms with E-state index in [0.717, 1.165) is 13.1 Å². The summed E-state index contributed by atoms with van der Waals surface area (Å²) in [6.45, 7) is 6.92. The van der Waals surface area contributed by atoms with E-state index in [-0.39, 0.29) is 0 Å². The van der Waals surface area contributed by atoms with Crippen molar-refractivity contribution >= 4 is 10.8 Å². The molecule has 0 aliphatic carbocycles. The number of hydrogen-bond donors (Lipinski definition) is 2. The van der Waals surface area contributed by atoms with E-state index in [0.29, 0.717) is 17.9 Å². The van der Waals surface area contributed by atoms with E-state index >= 15 is 0 Å². The number of hydrazine groups is 1. The normalized spacial score (nSPS) is 29.2. The van der Waals surface area contributed by atoms with Crippen LogP contribution in [0.15, 0.2) is 36.5 Å². The first-order valence-corrected chi connectivity index (χ1v) is 8.85. The van der Waals surface area contributed by atoms with Gasteiger partial charge >= 0.3 is 0 Å². The Hall–Kier alpha value is -1.49. The number of rotatable bonds is 3. The van der Waals surface area contributed by atoms with Crippen molar-refractivity contribution in [2.45, 2.75) is 31.7 Å². The number of nitrogens with zero attached hydrogens (tertiary/aromatic N) is 2. The molecule has 23 heavy (non-hydrogen) atoms. The quantitative estimate of drug-likeness (QED) is 0.914. The zero-order valence-electron chi connectivity index (χ0n) is 13.8. The van der Waals surface area contributed by atoms with Crippen LogP contribution in [-0.4, -0.2) is 42.1 Å². The van der Waals surface area contributed by atoms with Crippen LogP contribution < -0.4 is 10.9 Å². The Morgan fingerprint density at radius 1 is 1.26 bits per heavy atom. The SMILES string of the molecule is CC1NNCC1CN1CCCC(c2cc3ccccc3cn2)C1. The Bertz CT molecular complexity index is 671. The van der Waals surface area contributed by atoms with Crippen molar-refractivity contribution in [3.8, 4) is 0 Å². The fourth-order valence-corrected chi connectivity index (χ4v) is 3.99. The summed E-state index contributed by atoms with van der Waals surface area (Å²) < 4.78 is 0. The number of nitrogens with one attached hydrogen (secondary N) is 2. The van der Waals surface area contributed by atoms with Crippen molar-refractivity contribution in [1.29, 1.82) is 0 Å². The lowest BCUT2D eigenvalue weighted by molar-refractivity contribution is 0.176. The maximum Gasteiger partial charge on any atom is 0.0453 e. The molecule has 122 valence electrons. The summed E-state index contributed by atoms with van der Waals surface area (Å²) in [7, 11) is 0. The van der Waals surface area contributed by atoms with E-state index < -0.39 is 0 Å². The highest BCUT2D eigenvalue weighted by Gasteiger charge is 2.28. The van der Waals surface area contributed by atoms with Crippen LogP contribution >= 0.6 is 0 Å². The first-order valence-electron chi connectivity index (χ1n) is 8.85. The minimum Gasteiger partial charge on any atom is -0.302 e. The largest absolute Gasteiger partial charge is 0.302 e. The molecule has 4 rings (SSSR count). The molecule has 0 radical (unpaired) electrons. The number of likely N-dealkylation sites (tertiary alicyclic amines) is 1. The molecule has 2 N–H and O–H groups in total. The van der Waals surface area contributed by atoms with Gasteiger partial charge in [-0.05, 0) is 37.8 Å². The molecule has 4 heteroatoms. The summed E-state index contributed by atoms with van der Waals surface area (Å²) in [6, 6.07) is 11.4. The van der Waals surface area contributed by atoms with E-state index in [1.54, 1.807) is 0 Å². The van der Waals surface area contributed by atoms with Crippen LogP contribution in [-0.2, 0) is 0 Å². The lowest BCUT2D eigenvalue weighted by atomic mass is 9.92. The van der Waals surface area contributed by atoms with Crippen LogP contribution in [0, 0.1) is 5.92 Å². The number of hydrogen-bond acceptors (Lipinski definition) is 4. The third kappa shape index (κ3) is 3.25.